The number of nitrogens with one attached hydrogen (secondary N) is 1. The van der Waals surface area contributed by atoms with Crippen LogP contribution in [0.2, 0.25) is 0 Å². The van der Waals surface area contributed by atoms with Gasteiger partial charge in [0.05, 0.1) is 6.21 Å². The van der Waals surface area contributed by atoms with Crippen LogP contribution >= 0.6 is 0 Å². The Hall–Kier alpha value is -2.56. The Morgan fingerprint density at radius 3 is 2.42 bits per heavy atom. The van der Waals surface area contributed by atoms with Crippen molar-refractivity contribution < 1.29 is 13.6 Å². The van der Waals surface area contributed by atoms with Gasteiger partial charge in [-0.25, -0.2) is 14.2 Å². The summed E-state index contributed by atoms with van der Waals surface area (Å²) in [6, 6.07) is 11.1. The van der Waals surface area contributed by atoms with E-state index in [0.29, 0.717) is 0 Å². The summed E-state index contributed by atoms with van der Waals surface area (Å²) in [6.07, 6.45) is 1.21. The first kappa shape index (κ1) is 12.9. The molecule has 2 rings (SSSR count). The van der Waals surface area contributed by atoms with Gasteiger partial charge in [0.2, 0.25) is 0 Å². The van der Waals surface area contributed by atoms with E-state index in [9.17, 15) is 13.6 Å². The lowest BCUT2D eigenvalue weighted by molar-refractivity contribution is 0.0955. The highest BCUT2D eigenvalue weighted by Crippen LogP contribution is 2.04. The Morgan fingerprint density at radius 1 is 1.05 bits per heavy atom. The lowest BCUT2D eigenvalue weighted by Gasteiger charge is -1.99. The summed E-state index contributed by atoms with van der Waals surface area (Å²) in [4.78, 5) is 11.6. The Kier molecular flexibility index (Phi) is 3.97. The van der Waals surface area contributed by atoms with Crippen LogP contribution in [0.4, 0.5) is 8.78 Å². The molecular weight excluding hydrogens is 250 g/mol. The molecule has 0 saturated carbocycles. The van der Waals surface area contributed by atoms with Crippen LogP contribution in [-0.2, 0) is 0 Å². The van der Waals surface area contributed by atoms with E-state index in [1.165, 1.54) is 42.6 Å². The van der Waals surface area contributed by atoms with Crippen molar-refractivity contribution in [3.05, 3.63) is 71.3 Å². The van der Waals surface area contributed by atoms with Crippen molar-refractivity contribution in [3.8, 4) is 0 Å². The number of hydrogen-bond acceptors (Lipinski definition) is 2. The fourth-order valence-corrected chi connectivity index (χ4v) is 1.41. The summed E-state index contributed by atoms with van der Waals surface area (Å²) in [5.41, 5.74) is 2.77. The molecule has 0 fully saturated rings. The number of rotatable bonds is 3. The maximum absolute atomic E-state index is 13.2. The molecule has 3 nitrogen and oxygen atoms in total. The van der Waals surface area contributed by atoms with Gasteiger partial charge in [-0.1, -0.05) is 18.2 Å². The minimum atomic E-state index is -0.493. The fraction of sp³-hybridized carbons (Fsp3) is 0. The van der Waals surface area contributed by atoms with Crippen molar-refractivity contribution >= 4 is 12.1 Å². The van der Waals surface area contributed by atoms with Crippen molar-refractivity contribution in [2.24, 2.45) is 5.10 Å². The first-order valence-electron chi connectivity index (χ1n) is 5.50. The molecule has 96 valence electrons. The van der Waals surface area contributed by atoms with E-state index >= 15 is 0 Å². The molecule has 0 bridgehead atoms. The largest absolute Gasteiger partial charge is 0.271 e. The third kappa shape index (κ3) is 3.45. The molecular formula is C14H10F2N2O. The molecule has 1 N–H and O–H groups in total. The number of hydrogen-bond donors (Lipinski definition) is 1. The molecule has 2 aromatic rings. The van der Waals surface area contributed by atoms with E-state index in [2.05, 4.69) is 10.5 Å². The number of carbonyl (C=O) groups is 1. The number of halogens is 2. The molecule has 2 aromatic carbocycles. The number of carbonyl (C=O) groups excluding carboxylic acids is 1. The Morgan fingerprint density at radius 2 is 1.74 bits per heavy atom. The van der Waals surface area contributed by atoms with Crippen molar-refractivity contribution in [1.29, 1.82) is 0 Å². The normalized spacial score (nSPS) is 10.6. The van der Waals surface area contributed by atoms with Crippen LogP contribution in [0.3, 0.4) is 0 Å². The Bertz CT molecular complexity index is 609. The number of amides is 1. The molecule has 0 unspecified atom stereocenters. The first-order valence-corrected chi connectivity index (χ1v) is 5.50. The second-order valence-electron chi connectivity index (χ2n) is 3.73. The molecule has 0 heterocycles. The minimum absolute atomic E-state index is 0.266. The van der Waals surface area contributed by atoms with Crippen molar-refractivity contribution in [2.75, 3.05) is 0 Å². The molecule has 5 heteroatoms. The van der Waals surface area contributed by atoms with E-state index in [0.717, 1.165) is 0 Å². The summed E-state index contributed by atoms with van der Waals surface area (Å²) in [6.45, 7) is 0. The highest BCUT2D eigenvalue weighted by atomic mass is 19.1. The maximum Gasteiger partial charge on any atom is 0.271 e. The van der Waals surface area contributed by atoms with Crippen molar-refractivity contribution in [1.82, 2.24) is 5.43 Å². The van der Waals surface area contributed by atoms with Crippen LogP contribution in [0.5, 0.6) is 0 Å². The quantitative estimate of drug-likeness (QED) is 0.669. The van der Waals surface area contributed by atoms with Gasteiger partial charge in [-0.15, -0.1) is 0 Å². The van der Waals surface area contributed by atoms with Gasteiger partial charge in [-0.2, -0.15) is 5.10 Å². The van der Waals surface area contributed by atoms with Gasteiger partial charge in [-0.3, -0.25) is 4.79 Å². The third-order valence-corrected chi connectivity index (χ3v) is 2.38. The standard InChI is InChI=1S/C14H10F2N2O/c15-12-7-5-10(6-8-12)14(19)18-17-9-11-3-1-2-4-13(11)16/h1-9H,(H,18,19). The molecule has 0 aromatic heterocycles. The van der Waals surface area contributed by atoms with Crippen molar-refractivity contribution in [2.45, 2.75) is 0 Å². The van der Waals surface area contributed by atoms with E-state index in [4.69, 9.17) is 0 Å². The Labute approximate surface area is 108 Å². The van der Waals surface area contributed by atoms with E-state index in [-0.39, 0.29) is 11.1 Å². The van der Waals surface area contributed by atoms with Gasteiger partial charge in [0.1, 0.15) is 11.6 Å². The van der Waals surface area contributed by atoms with Crippen LogP contribution in [0.1, 0.15) is 15.9 Å². The van der Waals surface area contributed by atoms with E-state index in [1.54, 1.807) is 12.1 Å². The number of hydrazone groups is 1. The average Bonchev–Trinajstić information content (AvgIpc) is 2.41. The summed E-state index contributed by atoms with van der Waals surface area (Å²) >= 11 is 0. The van der Waals surface area contributed by atoms with Crippen LogP contribution in [0.15, 0.2) is 53.6 Å². The predicted octanol–water partition coefficient (Wildman–Crippen LogP) is 2.73. The van der Waals surface area contributed by atoms with Gasteiger partial charge in [0, 0.05) is 11.1 Å². The molecule has 0 aliphatic rings. The molecule has 0 aliphatic carbocycles. The Balaban J connectivity index is 2.01. The molecule has 0 spiro atoms. The van der Waals surface area contributed by atoms with Crippen LogP contribution in [-0.4, -0.2) is 12.1 Å². The predicted molar refractivity (Wildman–Crippen MR) is 67.9 cm³/mol. The number of benzene rings is 2. The number of nitrogens with zero attached hydrogens (tertiary/aromatic N) is 1. The molecule has 0 atom stereocenters. The van der Waals surface area contributed by atoms with Crippen LogP contribution in [0, 0.1) is 11.6 Å². The maximum atomic E-state index is 13.2. The third-order valence-electron chi connectivity index (χ3n) is 2.38. The zero-order chi connectivity index (χ0) is 13.7. The SMILES string of the molecule is O=C(NN=Cc1ccccc1F)c1ccc(F)cc1. The zero-order valence-corrected chi connectivity index (χ0v) is 9.81. The van der Waals surface area contributed by atoms with Gasteiger partial charge in [-0.05, 0) is 30.3 Å². The van der Waals surface area contributed by atoms with Crippen LogP contribution < -0.4 is 5.43 Å². The summed E-state index contributed by atoms with van der Waals surface area (Å²) in [5.74, 6) is -1.35. The molecule has 0 radical (unpaired) electrons. The molecule has 0 saturated heterocycles. The zero-order valence-electron chi connectivity index (χ0n) is 9.81. The van der Waals surface area contributed by atoms with E-state index in [1.807, 2.05) is 0 Å². The second-order valence-corrected chi connectivity index (χ2v) is 3.73. The van der Waals surface area contributed by atoms with Gasteiger partial charge in [0.25, 0.3) is 5.91 Å². The monoisotopic (exact) mass is 260 g/mol. The topological polar surface area (TPSA) is 41.5 Å². The lowest BCUT2D eigenvalue weighted by atomic mass is 10.2. The van der Waals surface area contributed by atoms with Crippen LogP contribution in [0.25, 0.3) is 0 Å². The molecule has 1 amide bonds. The average molecular weight is 260 g/mol. The van der Waals surface area contributed by atoms with Gasteiger partial charge < -0.3 is 0 Å². The summed E-state index contributed by atoms with van der Waals surface area (Å²) in [7, 11) is 0. The fourth-order valence-electron chi connectivity index (χ4n) is 1.41. The van der Waals surface area contributed by atoms with E-state index < -0.39 is 17.5 Å². The second kappa shape index (κ2) is 5.86. The first-order chi connectivity index (χ1) is 9.16. The van der Waals surface area contributed by atoms with Gasteiger partial charge in [0.15, 0.2) is 0 Å². The van der Waals surface area contributed by atoms with Crippen molar-refractivity contribution in [3.63, 3.8) is 0 Å². The highest BCUT2D eigenvalue weighted by molar-refractivity contribution is 5.94. The molecule has 0 aliphatic heterocycles. The summed E-state index contributed by atoms with van der Waals surface area (Å²) < 4.78 is 25.9. The summed E-state index contributed by atoms with van der Waals surface area (Å²) in [5, 5.41) is 3.64. The smallest absolute Gasteiger partial charge is 0.267 e. The lowest BCUT2D eigenvalue weighted by Crippen LogP contribution is -2.17. The minimum Gasteiger partial charge on any atom is -0.267 e. The van der Waals surface area contributed by atoms with Gasteiger partial charge >= 0.3 is 0 Å². The molecule has 19 heavy (non-hydrogen) atoms. The highest BCUT2D eigenvalue weighted by Gasteiger charge is 2.03.